The Kier molecular flexibility index (Phi) is 4.38. The Labute approximate surface area is 104 Å². The van der Waals surface area contributed by atoms with Gasteiger partial charge in [-0.1, -0.05) is 0 Å². The zero-order valence-corrected chi connectivity index (χ0v) is 10.3. The molecule has 0 spiro atoms. The van der Waals surface area contributed by atoms with Crippen molar-refractivity contribution < 1.29 is 24.1 Å². The smallest absolute Gasteiger partial charge is 0.325 e. The van der Waals surface area contributed by atoms with E-state index in [0.717, 1.165) is 0 Å². The predicted molar refractivity (Wildman–Crippen MR) is 62.1 cm³/mol. The van der Waals surface area contributed by atoms with Gasteiger partial charge in [-0.3, -0.25) is 4.79 Å². The molecule has 0 aromatic heterocycles. The molecule has 0 aliphatic heterocycles. The second kappa shape index (κ2) is 5.77. The molecule has 0 saturated heterocycles. The van der Waals surface area contributed by atoms with Crippen LogP contribution in [0.25, 0.3) is 0 Å². The highest BCUT2D eigenvalue weighted by Crippen LogP contribution is 2.39. The highest BCUT2D eigenvalue weighted by atomic mass is 16.5. The molecule has 0 aliphatic carbocycles. The van der Waals surface area contributed by atoms with Crippen molar-refractivity contribution in [3.63, 3.8) is 0 Å². The van der Waals surface area contributed by atoms with Crippen LogP contribution in [0.2, 0.25) is 0 Å². The number of hydrogen-bond donors (Lipinski definition) is 1. The number of benzene rings is 1. The topological polar surface area (TPSA) is 88.8 Å². The monoisotopic (exact) mass is 251 g/mol. The minimum absolute atomic E-state index is 0.277. The largest absolute Gasteiger partial charge is 0.493 e. The Bertz CT molecular complexity index is 467. The number of nitrogens with zero attached hydrogens (tertiary/aromatic N) is 1. The number of aliphatic carboxylic acids is 1. The van der Waals surface area contributed by atoms with Gasteiger partial charge in [0.05, 0.1) is 27.4 Å². The molecule has 0 heterocycles. The van der Waals surface area contributed by atoms with Gasteiger partial charge in [0.25, 0.3) is 0 Å². The van der Waals surface area contributed by atoms with E-state index in [1.54, 1.807) is 6.07 Å². The molecular formula is C12H13NO5. The lowest BCUT2D eigenvalue weighted by molar-refractivity contribution is -0.137. The van der Waals surface area contributed by atoms with E-state index in [0.29, 0.717) is 17.2 Å². The molecule has 1 aromatic carbocycles. The number of rotatable bonds is 5. The van der Waals surface area contributed by atoms with Crippen molar-refractivity contribution in [3.8, 4) is 23.3 Å². The molecule has 1 unspecified atom stereocenters. The first-order valence-electron chi connectivity index (χ1n) is 5.01. The summed E-state index contributed by atoms with van der Waals surface area (Å²) in [6.45, 7) is 0. The number of hydrogen-bond acceptors (Lipinski definition) is 5. The van der Waals surface area contributed by atoms with E-state index >= 15 is 0 Å². The molecule has 1 rings (SSSR count). The molecule has 1 N–H and O–H groups in total. The molecule has 6 heteroatoms. The van der Waals surface area contributed by atoms with Crippen LogP contribution in [0.15, 0.2) is 12.1 Å². The molecule has 0 saturated carbocycles. The van der Waals surface area contributed by atoms with Crippen LogP contribution in [-0.2, 0) is 4.79 Å². The number of nitriles is 1. The summed E-state index contributed by atoms with van der Waals surface area (Å²) in [5.74, 6) is -1.53. The fourth-order valence-corrected chi connectivity index (χ4v) is 1.54. The highest BCUT2D eigenvalue weighted by molar-refractivity contribution is 5.80. The number of methoxy groups -OCH3 is 3. The minimum atomic E-state index is -1.28. The summed E-state index contributed by atoms with van der Waals surface area (Å²) in [6.07, 6.45) is 0. The van der Waals surface area contributed by atoms with E-state index in [4.69, 9.17) is 24.6 Å². The van der Waals surface area contributed by atoms with Crippen LogP contribution in [0.3, 0.4) is 0 Å². The van der Waals surface area contributed by atoms with Crippen LogP contribution in [0.4, 0.5) is 0 Å². The van der Waals surface area contributed by atoms with Gasteiger partial charge < -0.3 is 19.3 Å². The molecule has 96 valence electrons. The van der Waals surface area contributed by atoms with Crippen molar-refractivity contribution >= 4 is 5.97 Å². The number of carboxylic acids is 1. The average molecular weight is 251 g/mol. The maximum atomic E-state index is 10.9. The average Bonchev–Trinajstić information content (AvgIpc) is 2.37. The molecule has 1 atom stereocenters. The molecule has 0 fully saturated rings. The van der Waals surface area contributed by atoms with E-state index in [9.17, 15) is 4.79 Å². The third kappa shape index (κ3) is 2.46. The number of carbonyl (C=O) groups is 1. The lowest BCUT2D eigenvalue weighted by atomic mass is 10.00. The van der Waals surface area contributed by atoms with Crippen LogP contribution < -0.4 is 14.2 Å². The van der Waals surface area contributed by atoms with Crippen molar-refractivity contribution in [3.05, 3.63) is 17.7 Å². The van der Waals surface area contributed by atoms with Crippen molar-refractivity contribution in [1.29, 1.82) is 5.26 Å². The minimum Gasteiger partial charge on any atom is -0.493 e. The molecule has 18 heavy (non-hydrogen) atoms. The predicted octanol–water partition coefficient (Wildman–Crippen LogP) is 1.40. The first-order valence-corrected chi connectivity index (χ1v) is 5.01. The summed E-state index contributed by atoms with van der Waals surface area (Å²) >= 11 is 0. The first-order chi connectivity index (χ1) is 8.58. The standard InChI is InChI=1S/C12H13NO5/c1-16-9-4-7(8(6-13)12(14)15)5-10(17-2)11(9)18-3/h4-5,8H,1-3H3,(H,14,15). The quantitative estimate of drug-likeness (QED) is 0.850. The summed E-state index contributed by atoms with van der Waals surface area (Å²) < 4.78 is 15.3. The molecule has 0 radical (unpaired) electrons. The molecule has 1 aromatic rings. The van der Waals surface area contributed by atoms with Crippen molar-refractivity contribution in [2.24, 2.45) is 0 Å². The Morgan fingerprint density at radius 3 is 2.00 bits per heavy atom. The zero-order chi connectivity index (χ0) is 13.7. The van der Waals surface area contributed by atoms with Crippen LogP contribution in [0.5, 0.6) is 17.2 Å². The Hall–Kier alpha value is -2.42. The van der Waals surface area contributed by atoms with Crippen molar-refractivity contribution in [2.75, 3.05) is 21.3 Å². The van der Waals surface area contributed by atoms with Gasteiger partial charge in [-0.15, -0.1) is 0 Å². The summed E-state index contributed by atoms with van der Waals surface area (Å²) in [6, 6.07) is 4.60. The molecule has 0 amide bonds. The SMILES string of the molecule is COc1cc(C(C#N)C(=O)O)cc(OC)c1OC. The van der Waals surface area contributed by atoms with Gasteiger partial charge in [0, 0.05) is 0 Å². The Balaban J connectivity index is 3.40. The van der Waals surface area contributed by atoms with E-state index in [1.165, 1.54) is 33.5 Å². The van der Waals surface area contributed by atoms with Gasteiger partial charge in [-0.2, -0.15) is 5.26 Å². The first kappa shape index (κ1) is 13.6. The fraction of sp³-hybridized carbons (Fsp3) is 0.333. The van der Waals surface area contributed by atoms with Crippen molar-refractivity contribution in [2.45, 2.75) is 5.92 Å². The summed E-state index contributed by atoms with van der Waals surface area (Å²) in [5.41, 5.74) is 0.277. The van der Waals surface area contributed by atoms with Gasteiger partial charge in [-0.25, -0.2) is 0 Å². The van der Waals surface area contributed by atoms with Crippen LogP contribution in [-0.4, -0.2) is 32.4 Å². The molecule has 0 bridgehead atoms. The van der Waals surface area contributed by atoms with E-state index < -0.39 is 11.9 Å². The van der Waals surface area contributed by atoms with Gasteiger partial charge >= 0.3 is 5.97 Å². The van der Waals surface area contributed by atoms with Gasteiger partial charge in [0.15, 0.2) is 17.4 Å². The third-order valence-corrected chi connectivity index (χ3v) is 2.40. The van der Waals surface area contributed by atoms with E-state index in [2.05, 4.69) is 0 Å². The van der Waals surface area contributed by atoms with Gasteiger partial charge in [0.2, 0.25) is 5.75 Å². The van der Waals surface area contributed by atoms with Crippen LogP contribution >= 0.6 is 0 Å². The van der Waals surface area contributed by atoms with E-state index in [-0.39, 0.29) is 5.56 Å². The Morgan fingerprint density at radius 1 is 1.22 bits per heavy atom. The van der Waals surface area contributed by atoms with Gasteiger partial charge in [-0.05, 0) is 17.7 Å². The fourth-order valence-electron chi connectivity index (χ4n) is 1.54. The maximum Gasteiger partial charge on any atom is 0.325 e. The second-order valence-corrected chi connectivity index (χ2v) is 3.36. The highest BCUT2D eigenvalue weighted by Gasteiger charge is 2.23. The molecule has 6 nitrogen and oxygen atoms in total. The lowest BCUT2D eigenvalue weighted by Gasteiger charge is -2.14. The lowest BCUT2D eigenvalue weighted by Crippen LogP contribution is -2.10. The molecule has 0 aliphatic rings. The number of ether oxygens (including phenoxy) is 3. The molecular weight excluding hydrogens is 238 g/mol. The summed E-state index contributed by atoms with van der Waals surface area (Å²) in [5, 5.41) is 17.8. The summed E-state index contributed by atoms with van der Waals surface area (Å²) in [7, 11) is 4.28. The van der Waals surface area contributed by atoms with Crippen LogP contribution in [0.1, 0.15) is 11.5 Å². The van der Waals surface area contributed by atoms with E-state index in [1.807, 2.05) is 0 Å². The summed E-state index contributed by atoms with van der Waals surface area (Å²) in [4.78, 5) is 10.9. The normalized spacial score (nSPS) is 11.2. The second-order valence-electron chi connectivity index (χ2n) is 3.36. The zero-order valence-electron chi connectivity index (χ0n) is 10.3. The maximum absolute atomic E-state index is 10.9. The van der Waals surface area contributed by atoms with Gasteiger partial charge in [0.1, 0.15) is 0 Å². The number of carboxylic acid groups (broad SMARTS) is 1. The van der Waals surface area contributed by atoms with Crippen molar-refractivity contribution in [1.82, 2.24) is 0 Å². The third-order valence-electron chi connectivity index (χ3n) is 2.40. The van der Waals surface area contributed by atoms with Crippen LogP contribution in [0, 0.1) is 11.3 Å². The Morgan fingerprint density at radius 2 is 1.72 bits per heavy atom.